The molecule has 2 rings (SSSR count). The van der Waals surface area contributed by atoms with Crippen LogP contribution < -0.4 is 5.32 Å². The van der Waals surface area contributed by atoms with Gasteiger partial charge >= 0.3 is 5.97 Å². The van der Waals surface area contributed by atoms with E-state index in [0.717, 1.165) is 17.9 Å². The van der Waals surface area contributed by atoms with Gasteiger partial charge in [-0.2, -0.15) is 11.8 Å². The van der Waals surface area contributed by atoms with Gasteiger partial charge in [-0.1, -0.05) is 30.3 Å². The lowest BCUT2D eigenvalue weighted by Gasteiger charge is -2.25. The SMILES string of the molecule is CC(CC(=O)NCC1CCSC1)(C(=O)O)c1ccccc1. The van der Waals surface area contributed by atoms with Crippen molar-refractivity contribution in [2.75, 3.05) is 18.1 Å². The van der Waals surface area contributed by atoms with Crippen LogP contribution in [0.1, 0.15) is 25.3 Å². The van der Waals surface area contributed by atoms with Crippen molar-refractivity contribution in [1.29, 1.82) is 0 Å². The summed E-state index contributed by atoms with van der Waals surface area (Å²) in [7, 11) is 0. The van der Waals surface area contributed by atoms with Crippen LogP contribution in [-0.4, -0.2) is 35.0 Å². The molecule has 2 unspecified atom stereocenters. The van der Waals surface area contributed by atoms with E-state index in [1.165, 1.54) is 0 Å². The molecule has 1 amide bonds. The molecule has 5 heteroatoms. The number of thioether (sulfide) groups is 1. The Balaban J connectivity index is 1.99. The van der Waals surface area contributed by atoms with Gasteiger partial charge in [0.25, 0.3) is 0 Å². The molecule has 4 nitrogen and oxygen atoms in total. The molecule has 1 aromatic carbocycles. The highest BCUT2D eigenvalue weighted by Crippen LogP contribution is 2.28. The molecule has 2 atom stereocenters. The minimum Gasteiger partial charge on any atom is -0.481 e. The Kier molecular flexibility index (Phi) is 5.28. The van der Waals surface area contributed by atoms with Gasteiger partial charge in [0.1, 0.15) is 0 Å². The molecule has 1 aliphatic rings. The van der Waals surface area contributed by atoms with Crippen LogP contribution in [0.15, 0.2) is 30.3 Å². The number of benzene rings is 1. The molecule has 1 heterocycles. The number of rotatable bonds is 6. The Hall–Kier alpha value is -1.49. The molecule has 0 saturated carbocycles. The lowest BCUT2D eigenvalue weighted by molar-refractivity contribution is -0.145. The third-order valence-electron chi connectivity index (χ3n) is 4.01. The molecule has 21 heavy (non-hydrogen) atoms. The second kappa shape index (κ2) is 6.98. The lowest BCUT2D eigenvalue weighted by Crippen LogP contribution is -2.40. The monoisotopic (exact) mass is 307 g/mol. The summed E-state index contributed by atoms with van der Waals surface area (Å²) in [5.74, 6) is 1.58. The summed E-state index contributed by atoms with van der Waals surface area (Å²) in [5.41, 5.74) is -0.528. The average Bonchev–Trinajstić information content (AvgIpc) is 2.99. The molecule has 114 valence electrons. The lowest BCUT2D eigenvalue weighted by atomic mass is 9.79. The first kappa shape index (κ1) is 15.9. The van der Waals surface area contributed by atoms with E-state index in [4.69, 9.17) is 0 Å². The molecule has 2 N–H and O–H groups in total. The number of nitrogens with one attached hydrogen (secondary N) is 1. The zero-order chi connectivity index (χ0) is 15.3. The maximum atomic E-state index is 12.1. The van der Waals surface area contributed by atoms with E-state index < -0.39 is 11.4 Å². The second-order valence-electron chi connectivity index (χ2n) is 5.71. The third-order valence-corrected chi connectivity index (χ3v) is 5.24. The molecule has 0 spiro atoms. The zero-order valence-corrected chi connectivity index (χ0v) is 13.0. The summed E-state index contributed by atoms with van der Waals surface area (Å²) in [6.07, 6.45) is 1.09. The molecular weight excluding hydrogens is 286 g/mol. The van der Waals surface area contributed by atoms with E-state index >= 15 is 0 Å². The predicted molar refractivity (Wildman–Crippen MR) is 84.5 cm³/mol. The van der Waals surface area contributed by atoms with Crippen molar-refractivity contribution >= 4 is 23.6 Å². The normalized spacial score (nSPS) is 20.7. The molecule has 1 aromatic rings. The number of amides is 1. The van der Waals surface area contributed by atoms with E-state index in [-0.39, 0.29) is 12.3 Å². The number of hydrogen-bond donors (Lipinski definition) is 2. The van der Waals surface area contributed by atoms with Crippen LogP contribution in [0.3, 0.4) is 0 Å². The summed E-state index contributed by atoms with van der Waals surface area (Å²) >= 11 is 1.90. The smallest absolute Gasteiger partial charge is 0.314 e. The minimum absolute atomic E-state index is 0.0355. The van der Waals surface area contributed by atoms with Gasteiger partial charge in [0.15, 0.2) is 0 Å². The molecule has 0 aromatic heterocycles. The van der Waals surface area contributed by atoms with Gasteiger partial charge < -0.3 is 10.4 Å². The standard InChI is InChI=1S/C16H21NO3S/c1-16(15(19)20,13-5-3-2-4-6-13)9-14(18)17-10-12-7-8-21-11-12/h2-6,12H,7-11H2,1H3,(H,17,18)(H,19,20). The van der Waals surface area contributed by atoms with Crippen LogP contribution in [0.2, 0.25) is 0 Å². The van der Waals surface area contributed by atoms with Crippen molar-refractivity contribution < 1.29 is 14.7 Å². The molecule has 0 bridgehead atoms. The predicted octanol–water partition coefficient (Wildman–Crippen LogP) is 2.29. The Morgan fingerprint density at radius 1 is 1.38 bits per heavy atom. The molecule has 0 radical (unpaired) electrons. The first-order chi connectivity index (χ1) is 10.0. The number of carboxylic acid groups (broad SMARTS) is 1. The number of carbonyl (C=O) groups excluding carboxylic acids is 1. The van der Waals surface area contributed by atoms with E-state index in [1.807, 2.05) is 17.8 Å². The summed E-state index contributed by atoms with van der Waals surface area (Å²) in [6, 6.07) is 8.95. The Morgan fingerprint density at radius 3 is 2.67 bits per heavy atom. The second-order valence-corrected chi connectivity index (χ2v) is 6.86. The van der Waals surface area contributed by atoms with Crippen molar-refractivity contribution in [1.82, 2.24) is 5.32 Å². The van der Waals surface area contributed by atoms with E-state index in [0.29, 0.717) is 18.0 Å². The van der Waals surface area contributed by atoms with E-state index in [9.17, 15) is 14.7 Å². The van der Waals surface area contributed by atoms with Crippen molar-refractivity contribution in [2.45, 2.75) is 25.2 Å². The Labute approximate surface area is 129 Å². The molecular formula is C16H21NO3S. The largest absolute Gasteiger partial charge is 0.481 e. The Bertz CT molecular complexity index is 500. The minimum atomic E-state index is -1.18. The molecule has 1 fully saturated rings. The van der Waals surface area contributed by atoms with E-state index in [2.05, 4.69) is 5.32 Å². The van der Waals surface area contributed by atoms with Crippen molar-refractivity contribution in [2.24, 2.45) is 5.92 Å². The third kappa shape index (κ3) is 4.00. The Morgan fingerprint density at radius 2 is 2.10 bits per heavy atom. The average molecular weight is 307 g/mol. The highest BCUT2D eigenvalue weighted by molar-refractivity contribution is 7.99. The van der Waals surface area contributed by atoms with Crippen LogP contribution in [-0.2, 0) is 15.0 Å². The number of hydrogen-bond acceptors (Lipinski definition) is 3. The first-order valence-corrected chi connectivity index (χ1v) is 8.31. The van der Waals surface area contributed by atoms with Gasteiger partial charge in [-0.05, 0) is 36.3 Å². The number of carboxylic acids is 1. The van der Waals surface area contributed by atoms with Gasteiger partial charge in [-0.3, -0.25) is 9.59 Å². The van der Waals surface area contributed by atoms with Gasteiger partial charge in [0.2, 0.25) is 5.91 Å². The molecule has 1 saturated heterocycles. The highest BCUT2D eigenvalue weighted by Gasteiger charge is 2.37. The summed E-state index contributed by atoms with van der Waals surface area (Å²) < 4.78 is 0. The number of aliphatic carboxylic acids is 1. The topological polar surface area (TPSA) is 66.4 Å². The van der Waals surface area contributed by atoms with Crippen LogP contribution in [0.4, 0.5) is 0 Å². The zero-order valence-electron chi connectivity index (χ0n) is 12.2. The highest BCUT2D eigenvalue weighted by atomic mass is 32.2. The fourth-order valence-electron chi connectivity index (χ4n) is 2.49. The summed E-state index contributed by atoms with van der Waals surface area (Å²) in [6.45, 7) is 2.26. The van der Waals surface area contributed by atoms with Crippen LogP contribution >= 0.6 is 11.8 Å². The maximum absolute atomic E-state index is 12.1. The quantitative estimate of drug-likeness (QED) is 0.846. The summed E-state index contributed by atoms with van der Waals surface area (Å²) in [4.78, 5) is 23.7. The number of carbonyl (C=O) groups is 2. The van der Waals surface area contributed by atoms with E-state index in [1.54, 1.807) is 31.2 Å². The molecule has 0 aliphatic carbocycles. The molecule has 1 aliphatic heterocycles. The van der Waals surface area contributed by atoms with Crippen molar-refractivity contribution in [3.8, 4) is 0 Å². The first-order valence-electron chi connectivity index (χ1n) is 7.16. The summed E-state index contributed by atoms with van der Waals surface area (Å²) in [5, 5.41) is 12.4. The van der Waals surface area contributed by atoms with Crippen LogP contribution in [0.25, 0.3) is 0 Å². The fraction of sp³-hybridized carbons (Fsp3) is 0.500. The van der Waals surface area contributed by atoms with Crippen molar-refractivity contribution in [3.05, 3.63) is 35.9 Å². The fourth-order valence-corrected chi connectivity index (χ4v) is 3.78. The van der Waals surface area contributed by atoms with Gasteiger partial charge in [-0.25, -0.2) is 0 Å². The van der Waals surface area contributed by atoms with Crippen LogP contribution in [0.5, 0.6) is 0 Å². The van der Waals surface area contributed by atoms with Crippen LogP contribution in [0, 0.1) is 5.92 Å². The maximum Gasteiger partial charge on any atom is 0.314 e. The van der Waals surface area contributed by atoms with Gasteiger partial charge in [0, 0.05) is 13.0 Å². The van der Waals surface area contributed by atoms with Gasteiger partial charge in [0.05, 0.1) is 5.41 Å². The van der Waals surface area contributed by atoms with Crippen molar-refractivity contribution in [3.63, 3.8) is 0 Å². The van der Waals surface area contributed by atoms with Gasteiger partial charge in [-0.15, -0.1) is 0 Å².